The second kappa shape index (κ2) is 99.1. The summed E-state index contributed by atoms with van der Waals surface area (Å²) in [7, 11) is 0. The summed E-state index contributed by atoms with van der Waals surface area (Å²) in [6.45, 7) is 7.00. The molecule has 0 aliphatic carbocycles. The zero-order valence-corrected chi connectivity index (χ0v) is 4.52. The van der Waals surface area contributed by atoms with Gasteiger partial charge in [0.15, 0.2) is 0 Å². The number of hydrogen-bond acceptors (Lipinski definition) is 2. The molecular weight excluding hydrogens is 288 g/mol. The first kappa shape index (κ1) is 26.4. The average Bonchev–Trinajstić information content (AvgIpc) is 1.50. The van der Waals surface area contributed by atoms with Gasteiger partial charge in [-0.15, -0.1) is 0 Å². The van der Waals surface area contributed by atoms with Gasteiger partial charge in [0.05, 0.1) is 0 Å². The van der Waals surface area contributed by atoms with Crippen LogP contribution in [0.15, 0.2) is 0 Å². The summed E-state index contributed by atoms with van der Waals surface area (Å²) in [5.41, 5.74) is 0. The third-order valence-electron chi connectivity index (χ3n) is 0. The van der Waals surface area contributed by atoms with Crippen molar-refractivity contribution in [2.75, 3.05) is 0 Å². The van der Waals surface area contributed by atoms with E-state index >= 15 is 0 Å². The van der Waals surface area contributed by atoms with E-state index in [0.29, 0.717) is 0 Å². The van der Waals surface area contributed by atoms with Crippen molar-refractivity contribution in [3.05, 3.63) is 0 Å². The van der Waals surface area contributed by atoms with Crippen LogP contribution in [0, 0.1) is 23.7 Å². The van der Waals surface area contributed by atoms with Gasteiger partial charge >= 0.3 is 51.4 Å². The molecule has 1 radical (unpaired) electrons. The fourth-order valence-electron chi connectivity index (χ4n) is 0. The molecule has 0 N–H and O–H groups in total. The molecule has 0 bridgehead atoms. The van der Waals surface area contributed by atoms with E-state index in [1.807, 2.05) is 0 Å². The third kappa shape index (κ3) is 55.2. The molecule has 33 valence electrons. The fraction of sp³-hybridized carbons (Fsp3) is 0. The Morgan fingerprint density at radius 3 is 0.833 bits per heavy atom. The Labute approximate surface area is 95.5 Å². The van der Waals surface area contributed by atoms with Gasteiger partial charge in [-0.2, -0.15) is 0 Å². The van der Waals surface area contributed by atoms with E-state index in [4.69, 9.17) is 10.5 Å². The van der Waals surface area contributed by atoms with Gasteiger partial charge in [-0.3, -0.25) is 0 Å². The van der Waals surface area contributed by atoms with Crippen LogP contribution in [0.4, 0.5) is 0 Å². The number of hydrogen-bond donors (Lipinski definition) is 0. The molecule has 0 amide bonds. The van der Waals surface area contributed by atoms with Crippen molar-refractivity contribution in [1.29, 1.82) is 10.5 Å². The Bertz CT molecular complexity index is 27.0. The van der Waals surface area contributed by atoms with Crippen molar-refractivity contribution in [1.82, 2.24) is 0 Å². The molecule has 6 heavy (non-hydrogen) atoms. The summed E-state index contributed by atoms with van der Waals surface area (Å²) in [5, 5.41) is 13.0. The molecule has 0 spiro atoms. The van der Waals surface area contributed by atoms with Crippen LogP contribution >= 0.6 is 0 Å². The molecule has 0 rings (SSSR count). The van der Waals surface area contributed by atoms with Crippen LogP contribution in [0.2, 0.25) is 0 Å². The topological polar surface area (TPSA) is 47.6 Å². The average molecular weight is 291 g/mol. The minimum absolute atomic E-state index is 0. The van der Waals surface area contributed by atoms with Crippen LogP contribution in [-0.2, 0) is 22.4 Å². The predicted molar refractivity (Wildman–Crippen MR) is 20.5 cm³/mol. The van der Waals surface area contributed by atoms with E-state index in [9.17, 15) is 0 Å². The second-order valence-electron chi connectivity index (χ2n) is 0. The van der Waals surface area contributed by atoms with Crippen molar-refractivity contribution in [2.24, 2.45) is 0 Å². The van der Waals surface area contributed by atoms with Crippen molar-refractivity contribution in [3.63, 3.8) is 0 Å². The molecule has 0 unspecified atom stereocenters. The van der Waals surface area contributed by atoms with Gasteiger partial charge in [0.2, 0.25) is 0 Å². The fourth-order valence-corrected chi connectivity index (χ4v) is 0. The van der Waals surface area contributed by atoms with Crippen LogP contribution in [0.1, 0.15) is 0 Å². The molecule has 0 aliphatic rings. The zero-order valence-electron chi connectivity index (χ0n) is 2.35. The molecule has 0 atom stereocenters. The van der Waals surface area contributed by atoms with Crippen molar-refractivity contribution in [2.45, 2.75) is 0 Å². The quantitative estimate of drug-likeness (QED) is 0.572. The van der Waals surface area contributed by atoms with E-state index in [1.54, 1.807) is 0 Å². The standard InChI is InChI=1S/2CHN.Au.K.H/c2*1-2;;;/h2*1H;;;. The van der Waals surface area contributed by atoms with Gasteiger partial charge in [-0.1, -0.05) is 0 Å². The molecule has 0 aliphatic heterocycles. The molecule has 0 saturated heterocycles. The van der Waals surface area contributed by atoms with Crippen LogP contribution < -0.4 is 0 Å². The summed E-state index contributed by atoms with van der Waals surface area (Å²) in [4.78, 5) is 0. The van der Waals surface area contributed by atoms with Crippen molar-refractivity contribution >= 4 is 51.4 Å². The summed E-state index contributed by atoms with van der Waals surface area (Å²) in [5.74, 6) is 0. The van der Waals surface area contributed by atoms with Gasteiger partial charge in [-0.25, -0.2) is 10.5 Å². The molecule has 0 aromatic heterocycles. The van der Waals surface area contributed by atoms with E-state index < -0.39 is 0 Å². The Kier molecular flexibility index (Phi) is 436. The maximum absolute atomic E-state index is 6.50. The predicted octanol–water partition coefficient (Wildman–Crippen LogP) is -0.371. The number of nitriles is 2. The van der Waals surface area contributed by atoms with E-state index in [1.165, 1.54) is 0 Å². The first-order chi connectivity index (χ1) is 2.00. The summed E-state index contributed by atoms with van der Waals surface area (Å²) < 4.78 is 0. The molecular formula is C2H3AuKN2. The number of rotatable bonds is 0. The van der Waals surface area contributed by atoms with E-state index in [0.717, 1.165) is 0 Å². The molecule has 0 heterocycles. The summed E-state index contributed by atoms with van der Waals surface area (Å²) >= 11 is 0. The van der Waals surface area contributed by atoms with Crippen LogP contribution in [-0.4, -0.2) is 51.4 Å². The minimum atomic E-state index is 0. The normalized spacial score (nSPS) is 0.667. The van der Waals surface area contributed by atoms with Gasteiger partial charge in [0.1, 0.15) is 0 Å². The molecule has 4 heteroatoms. The molecule has 0 aromatic carbocycles. The first-order valence-electron chi connectivity index (χ1n) is 0.516. The number of nitrogens with zero attached hydrogens (tertiary/aromatic N) is 2. The monoisotopic (exact) mass is 291 g/mol. The summed E-state index contributed by atoms with van der Waals surface area (Å²) in [6.07, 6.45) is 0. The molecule has 0 aromatic rings. The van der Waals surface area contributed by atoms with Crippen molar-refractivity contribution in [3.8, 4) is 13.1 Å². The molecule has 2 nitrogen and oxygen atoms in total. The van der Waals surface area contributed by atoms with Crippen LogP contribution in [0.25, 0.3) is 0 Å². The molecule has 0 saturated carbocycles. The van der Waals surface area contributed by atoms with Crippen LogP contribution in [0.3, 0.4) is 0 Å². The Morgan fingerprint density at radius 2 is 0.833 bits per heavy atom. The SMILES string of the molecule is C#N.C#N.[Au].[KH]. The second-order valence-corrected chi connectivity index (χ2v) is 0. The Morgan fingerprint density at radius 1 is 0.833 bits per heavy atom. The Balaban J connectivity index is -0.00000000500. The van der Waals surface area contributed by atoms with Crippen molar-refractivity contribution < 1.29 is 22.4 Å². The van der Waals surface area contributed by atoms with Gasteiger partial charge in [-0.05, 0) is 0 Å². The third-order valence-corrected chi connectivity index (χ3v) is 0. The first-order valence-corrected chi connectivity index (χ1v) is 0.516. The Hall–Kier alpha value is 1.36. The van der Waals surface area contributed by atoms with E-state index in [-0.39, 0.29) is 73.8 Å². The van der Waals surface area contributed by atoms with Crippen LogP contribution in [0.5, 0.6) is 0 Å². The summed E-state index contributed by atoms with van der Waals surface area (Å²) in [6, 6.07) is 0. The maximum atomic E-state index is 6.50. The van der Waals surface area contributed by atoms with Gasteiger partial charge < -0.3 is 0 Å². The molecule has 0 fully saturated rings. The van der Waals surface area contributed by atoms with Gasteiger partial charge in [0.25, 0.3) is 0 Å². The van der Waals surface area contributed by atoms with Gasteiger partial charge in [0, 0.05) is 35.5 Å². The zero-order chi connectivity index (χ0) is 4.00. The van der Waals surface area contributed by atoms with E-state index in [2.05, 4.69) is 13.1 Å².